The standard InChI is InChI=1S/C20H19NO5/c1-12(2)17-10-15(14-6-4-5-7-16(14)21-17)19(22)26-11-13-8-9-25-18(13)20(23)24-3/h4-10,12H,11H2,1-3H3. The third kappa shape index (κ3) is 3.44. The molecule has 0 radical (unpaired) electrons. The average molecular weight is 353 g/mol. The summed E-state index contributed by atoms with van der Waals surface area (Å²) in [6.07, 6.45) is 1.36. The summed E-state index contributed by atoms with van der Waals surface area (Å²) < 4.78 is 15.2. The molecular weight excluding hydrogens is 334 g/mol. The highest BCUT2D eigenvalue weighted by Crippen LogP contribution is 2.24. The second-order valence-corrected chi connectivity index (χ2v) is 6.11. The molecule has 26 heavy (non-hydrogen) atoms. The van der Waals surface area contributed by atoms with Crippen molar-refractivity contribution in [1.82, 2.24) is 4.98 Å². The molecule has 3 aromatic rings. The summed E-state index contributed by atoms with van der Waals surface area (Å²) in [5, 5.41) is 0.724. The summed E-state index contributed by atoms with van der Waals surface area (Å²) in [5.74, 6) is -0.895. The normalized spacial score (nSPS) is 10.9. The van der Waals surface area contributed by atoms with Crippen LogP contribution in [0.3, 0.4) is 0 Å². The molecule has 0 unspecified atom stereocenters. The van der Waals surface area contributed by atoms with Gasteiger partial charge < -0.3 is 13.9 Å². The van der Waals surface area contributed by atoms with Crippen LogP contribution in [-0.2, 0) is 16.1 Å². The SMILES string of the molecule is COC(=O)c1occc1COC(=O)c1cc(C(C)C)nc2ccccc12. The Morgan fingerprint density at radius 3 is 2.65 bits per heavy atom. The van der Waals surface area contributed by atoms with E-state index < -0.39 is 11.9 Å². The molecule has 0 spiro atoms. The van der Waals surface area contributed by atoms with Gasteiger partial charge in [0.15, 0.2) is 0 Å². The van der Waals surface area contributed by atoms with Crippen molar-refractivity contribution in [2.24, 2.45) is 0 Å². The van der Waals surface area contributed by atoms with E-state index >= 15 is 0 Å². The zero-order chi connectivity index (χ0) is 18.7. The minimum absolute atomic E-state index is 0.0303. The van der Waals surface area contributed by atoms with Crippen LogP contribution in [0.5, 0.6) is 0 Å². The van der Waals surface area contributed by atoms with Crippen LogP contribution in [0.15, 0.2) is 47.1 Å². The molecule has 3 rings (SSSR count). The Morgan fingerprint density at radius 1 is 1.15 bits per heavy atom. The zero-order valence-corrected chi connectivity index (χ0v) is 14.8. The van der Waals surface area contributed by atoms with Gasteiger partial charge >= 0.3 is 11.9 Å². The Kier molecular flexibility index (Phi) is 5.02. The van der Waals surface area contributed by atoms with Crippen molar-refractivity contribution in [1.29, 1.82) is 0 Å². The number of benzene rings is 1. The summed E-state index contributed by atoms with van der Waals surface area (Å²) in [7, 11) is 1.26. The second-order valence-electron chi connectivity index (χ2n) is 6.11. The van der Waals surface area contributed by atoms with E-state index in [0.29, 0.717) is 11.1 Å². The van der Waals surface area contributed by atoms with E-state index in [1.807, 2.05) is 38.1 Å². The minimum Gasteiger partial charge on any atom is -0.463 e. The molecule has 6 nitrogen and oxygen atoms in total. The van der Waals surface area contributed by atoms with Gasteiger partial charge in [-0.3, -0.25) is 4.98 Å². The van der Waals surface area contributed by atoms with Gasteiger partial charge in [-0.25, -0.2) is 9.59 Å². The number of carbonyl (C=O) groups is 2. The van der Waals surface area contributed by atoms with Crippen LogP contribution in [0.1, 0.15) is 51.9 Å². The summed E-state index contributed by atoms with van der Waals surface area (Å²) in [5.41, 5.74) is 2.45. The first-order chi connectivity index (χ1) is 12.5. The molecule has 1 aromatic carbocycles. The maximum absolute atomic E-state index is 12.7. The Labute approximate surface area is 150 Å². The molecule has 0 N–H and O–H groups in total. The molecule has 0 aliphatic heterocycles. The molecule has 0 aliphatic carbocycles. The van der Waals surface area contributed by atoms with Crippen molar-refractivity contribution >= 4 is 22.8 Å². The van der Waals surface area contributed by atoms with E-state index in [9.17, 15) is 9.59 Å². The lowest BCUT2D eigenvalue weighted by atomic mass is 10.0. The van der Waals surface area contributed by atoms with Gasteiger partial charge in [-0.05, 0) is 24.1 Å². The van der Waals surface area contributed by atoms with E-state index in [2.05, 4.69) is 9.72 Å². The van der Waals surface area contributed by atoms with Gasteiger partial charge in [0.2, 0.25) is 5.76 Å². The maximum atomic E-state index is 12.7. The van der Waals surface area contributed by atoms with Crippen molar-refractivity contribution in [3.05, 3.63) is 65.2 Å². The van der Waals surface area contributed by atoms with Crippen LogP contribution in [0.2, 0.25) is 0 Å². The number of pyridine rings is 1. The molecule has 134 valence electrons. The predicted molar refractivity (Wildman–Crippen MR) is 95.0 cm³/mol. The summed E-state index contributed by atoms with van der Waals surface area (Å²) in [4.78, 5) is 28.9. The Bertz CT molecular complexity index is 958. The third-order valence-electron chi connectivity index (χ3n) is 4.02. The molecule has 6 heteroatoms. The number of carbonyl (C=O) groups excluding carboxylic acids is 2. The molecule has 0 bridgehead atoms. The van der Waals surface area contributed by atoms with E-state index in [0.717, 1.165) is 16.6 Å². The van der Waals surface area contributed by atoms with Gasteiger partial charge in [0.1, 0.15) is 6.61 Å². The number of fused-ring (bicyclic) bond motifs is 1. The molecule has 0 saturated carbocycles. The lowest BCUT2D eigenvalue weighted by Crippen LogP contribution is -2.10. The number of rotatable bonds is 5. The van der Waals surface area contributed by atoms with Crippen LogP contribution < -0.4 is 0 Å². The summed E-state index contributed by atoms with van der Waals surface area (Å²) in [6.45, 7) is 3.94. The van der Waals surface area contributed by atoms with E-state index in [-0.39, 0.29) is 18.3 Å². The average Bonchev–Trinajstić information content (AvgIpc) is 3.13. The van der Waals surface area contributed by atoms with Gasteiger partial charge in [0.05, 0.1) is 24.5 Å². The van der Waals surface area contributed by atoms with Crippen LogP contribution in [0.4, 0.5) is 0 Å². The number of hydrogen-bond donors (Lipinski definition) is 0. The third-order valence-corrected chi connectivity index (χ3v) is 4.02. The van der Waals surface area contributed by atoms with Gasteiger partial charge in [0.25, 0.3) is 0 Å². The van der Waals surface area contributed by atoms with E-state index in [4.69, 9.17) is 9.15 Å². The first kappa shape index (κ1) is 17.7. The lowest BCUT2D eigenvalue weighted by Gasteiger charge is -2.11. The zero-order valence-electron chi connectivity index (χ0n) is 14.8. The molecule has 0 atom stereocenters. The molecule has 0 fully saturated rings. The lowest BCUT2D eigenvalue weighted by molar-refractivity contribution is 0.0455. The highest BCUT2D eigenvalue weighted by atomic mass is 16.5. The van der Waals surface area contributed by atoms with Crippen molar-refractivity contribution in [3.8, 4) is 0 Å². The quantitative estimate of drug-likeness (QED) is 0.643. The number of hydrogen-bond acceptors (Lipinski definition) is 6. The predicted octanol–water partition coefficient (Wildman–Crippen LogP) is 4.09. The Morgan fingerprint density at radius 2 is 1.92 bits per heavy atom. The van der Waals surface area contributed by atoms with Crippen LogP contribution in [-0.4, -0.2) is 24.0 Å². The van der Waals surface area contributed by atoms with Crippen molar-refractivity contribution in [3.63, 3.8) is 0 Å². The first-order valence-electron chi connectivity index (χ1n) is 8.22. The van der Waals surface area contributed by atoms with Gasteiger partial charge in [-0.1, -0.05) is 32.0 Å². The smallest absolute Gasteiger partial charge is 0.374 e. The molecule has 0 saturated heterocycles. The number of methoxy groups -OCH3 is 1. The van der Waals surface area contributed by atoms with E-state index in [1.54, 1.807) is 12.1 Å². The first-order valence-corrected chi connectivity index (χ1v) is 8.22. The van der Waals surface area contributed by atoms with Crippen molar-refractivity contribution in [2.75, 3.05) is 7.11 Å². The number of aromatic nitrogens is 1. The number of ether oxygens (including phenoxy) is 2. The molecule has 0 aliphatic rings. The van der Waals surface area contributed by atoms with Crippen LogP contribution in [0.25, 0.3) is 10.9 Å². The number of furan rings is 1. The fourth-order valence-electron chi connectivity index (χ4n) is 2.60. The monoisotopic (exact) mass is 353 g/mol. The number of esters is 2. The highest BCUT2D eigenvalue weighted by Gasteiger charge is 2.19. The van der Waals surface area contributed by atoms with Crippen LogP contribution >= 0.6 is 0 Å². The van der Waals surface area contributed by atoms with Crippen LogP contribution in [0, 0.1) is 0 Å². The van der Waals surface area contributed by atoms with Gasteiger partial charge in [-0.15, -0.1) is 0 Å². The summed E-state index contributed by atoms with van der Waals surface area (Å²) in [6, 6.07) is 10.8. The topological polar surface area (TPSA) is 78.6 Å². The number of para-hydroxylation sites is 1. The second kappa shape index (κ2) is 7.39. The highest BCUT2D eigenvalue weighted by molar-refractivity contribution is 6.03. The van der Waals surface area contributed by atoms with Crippen molar-refractivity contribution in [2.45, 2.75) is 26.4 Å². The molecule has 0 amide bonds. The minimum atomic E-state index is -0.613. The van der Waals surface area contributed by atoms with E-state index in [1.165, 1.54) is 13.4 Å². The largest absolute Gasteiger partial charge is 0.463 e. The summed E-state index contributed by atoms with van der Waals surface area (Å²) >= 11 is 0. The molecular formula is C20H19NO5. The fraction of sp³-hybridized carbons (Fsp3) is 0.250. The Balaban J connectivity index is 1.89. The van der Waals surface area contributed by atoms with Crippen molar-refractivity contribution < 1.29 is 23.5 Å². The fourth-order valence-corrected chi connectivity index (χ4v) is 2.60. The molecule has 2 aromatic heterocycles. The molecule has 2 heterocycles. The number of nitrogens with zero attached hydrogens (tertiary/aromatic N) is 1. The van der Waals surface area contributed by atoms with Gasteiger partial charge in [-0.2, -0.15) is 0 Å². The van der Waals surface area contributed by atoms with Gasteiger partial charge in [0, 0.05) is 16.6 Å². The Hall–Kier alpha value is -3.15. The maximum Gasteiger partial charge on any atom is 0.374 e.